The second-order valence-electron chi connectivity index (χ2n) is 8.40. The van der Waals surface area contributed by atoms with Gasteiger partial charge in [-0.1, -0.05) is 0 Å². The van der Waals surface area contributed by atoms with Gasteiger partial charge in [0.1, 0.15) is 17.2 Å². The maximum atomic E-state index is 6.15. The Morgan fingerprint density at radius 3 is 3.00 bits per heavy atom. The largest absolute Gasteiger partial charge is 0.370 e. The molecule has 0 amide bonds. The van der Waals surface area contributed by atoms with Crippen LogP contribution in [0.25, 0.3) is 11.0 Å². The summed E-state index contributed by atoms with van der Waals surface area (Å²) in [5.41, 5.74) is 1.81. The summed E-state index contributed by atoms with van der Waals surface area (Å²) in [5, 5.41) is 6.79. The first-order valence-corrected chi connectivity index (χ1v) is 10.6. The number of aromatic nitrogens is 5. The first-order chi connectivity index (χ1) is 14.6. The van der Waals surface area contributed by atoms with E-state index >= 15 is 0 Å². The smallest absolute Gasteiger partial charge is 0.227 e. The van der Waals surface area contributed by atoms with Gasteiger partial charge in [-0.3, -0.25) is 0 Å². The lowest BCUT2D eigenvalue weighted by Crippen LogP contribution is -2.59. The van der Waals surface area contributed by atoms with Gasteiger partial charge in [0.05, 0.1) is 36.8 Å². The van der Waals surface area contributed by atoms with Crippen LogP contribution in [-0.2, 0) is 4.74 Å². The average Bonchev–Trinajstić information content (AvgIpc) is 3.18. The molecule has 3 aromatic heterocycles. The highest BCUT2D eigenvalue weighted by Crippen LogP contribution is 2.29. The van der Waals surface area contributed by atoms with Crippen molar-refractivity contribution >= 4 is 28.6 Å². The van der Waals surface area contributed by atoms with E-state index in [2.05, 4.69) is 48.9 Å². The van der Waals surface area contributed by atoms with Crippen LogP contribution in [0.5, 0.6) is 0 Å². The molecule has 0 aromatic carbocycles. The Morgan fingerprint density at radius 2 is 2.17 bits per heavy atom. The SMILES string of the molecule is CC(C)n1cnc2cnc(Nc3ccnc(N4CCCC5(CNCCO5)C4)n3)cc21. The third-order valence-electron chi connectivity index (χ3n) is 5.87. The van der Waals surface area contributed by atoms with Crippen molar-refractivity contribution in [3.63, 3.8) is 0 Å². The fourth-order valence-electron chi connectivity index (χ4n) is 4.35. The van der Waals surface area contributed by atoms with Gasteiger partial charge in [0.2, 0.25) is 5.95 Å². The van der Waals surface area contributed by atoms with Crippen LogP contribution in [0.2, 0.25) is 0 Å². The quantitative estimate of drug-likeness (QED) is 0.680. The topological polar surface area (TPSA) is 93.0 Å². The lowest BCUT2D eigenvalue weighted by molar-refractivity contribution is -0.0727. The molecule has 0 radical (unpaired) electrons. The van der Waals surface area contributed by atoms with Gasteiger partial charge in [-0.15, -0.1) is 0 Å². The number of morpholine rings is 1. The minimum absolute atomic E-state index is 0.134. The van der Waals surface area contributed by atoms with Crippen molar-refractivity contribution in [1.82, 2.24) is 29.8 Å². The number of anilines is 3. The molecule has 5 heterocycles. The Hall–Kier alpha value is -2.78. The third kappa shape index (κ3) is 3.70. The summed E-state index contributed by atoms with van der Waals surface area (Å²) in [5.74, 6) is 2.19. The van der Waals surface area contributed by atoms with Crippen molar-refractivity contribution < 1.29 is 4.74 Å². The first-order valence-electron chi connectivity index (χ1n) is 10.6. The van der Waals surface area contributed by atoms with Crippen LogP contribution < -0.4 is 15.5 Å². The van der Waals surface area contributed by atoms with Crippen molar-refractivity contribution in [3.05, 3.63) is 30.9 Å². The fraction of sp³-hybridized carbons (Fsp3) is 0.524. The van der Waals surface area contributed by atoms with Crippen LogP contribution in [0.4, 0.5) is 17.6 Å². The van der Waals surface area contributed by atoms with E-state index in [1.54, 1.807) is 12.4 Å². The minimum atomic E-state index is -0.134. The van der Waals surface area contributed by atoms with Crippen molar-refractivity contribution in [2.45, 2.75) is 38.3 Å². The molecule has 9 nitrogen and oxygen atoms in total. The van der Waals surface area contributed by atoms with Gasteiger partial charge in [0.25, 0.3) is 0 Å². The molecule has 9 heteroatoms. The molecule has 0 bridgehead atoms. The monoisotopic (exact) mass is 408 g/mol. The number of nitrogens with one attached hydrogen (secondary N) is 2. The Labute approximate surface area is 175 Å². The normalized spacial score (nSPS) is 22.2. The standard InChI is InChI=1S/C21H28N8O/c1-15(2)29-14-25-16-11-24-19(10-17(16)29)26-18-4-6-23-20(27-18)28-8-3-5-21(13-28)12-22-7-9-30-21/h4,6,10-11,14-15,22H,3,5,7-9,12-13H2,1-2H3,(H,23,24,26,27). The van der Waals surface area contributed by atoms with Crippen LogP contribution in [0.15, 0.2) is 30.9 Å². The number of pyridine rings is 1. The van der Waals surface area contributed by atoms with Crippen molar-refractivity contribution in [1.29, 1.82) is 0 Å². The van der Waals surface area contributed by atoms with Crippen molar-refractivity contribution in [3.8, 4) is 0 Å². The van der Waals surface area contributed by atoms with E-state index in [9.17, 15) is 0 Å². The zero-order valence-corrected chi connectivity index (χ0v) is 17.5. The molecule has 2 saturated heterocycles. The highest BCUT2D eigenvalue weighted by Gasteiger charge is 2.38. The average molecular weight is 409 g/mol. The summed E-state index contributed by atoms with van der Waals surface area (Å²) in [6.07, 6.45) is 7.59. The molecule has 1 atom stereocenters. The zero-order valence-electron chi connectivity index (χ0n) is 17.5. The van der Waals surface area contributed by atoms with Crippen molar-refractivity contribution in [2.75, 3.05) is 43.0 Å². The predicted octanol–water partition coefficient (Wildman–Crippen LogP) is 2.50. The highest BCUT2D eigenvalue weighted by atomic mass is 16.5. The molecule has 2 aliphatic rings. The number of nitrogens with zero attached hydrogens (tertiary/aromatic N) is 6. The first kappa shape index (κ1) is 19.2. The minimum Gasteiger partial charge on any atom is -0.370 e. The molecule has 0 saturated carbocycles. The third-order valence-corrected chi connectivity index (χ3v) is 5.87. The summed E-state index contributed by atoms with van der Waals surface area (Å²) in [6.45, 7) is 8.59. The summed E-state index contributed by atoms with van der Waals surface area (Å²) < 4.78 is 8.29. The molecular formula is C21H28N8O. The number of ether oxygens (including phenoxy) is 1. The predicted molar refractivity (Wildman–Crippen MR) is 116 cm³/mol. The maximum Gasteiger partial charge on any atom is 0.227 e. The molecule has 2 fully saturated rings. The van der Waals surface area contributed by atoms with E-state index in [-0.39, 0.29) is 5.60 Å². The van der Waals surface area contributed by atoms with E-state index in [4.69, 9.17) is 9.72 Å². The summed E-state index contributed by atoms with van der Waals surface area (Å²) in [7, 11) is 0. The van der Waals surface area contributed by atoms with Crippen LogP contribution >= 0.6 is 0 Å². The number of imidazole rings is 1. The molecule has 158 valence electrons. The van der Waals surface area contributed by atoms with E-state index in [0.29, 0.717) is 6.04 Å². The van der Waals surface area contributed by atoms with Crippen LogP contribution in [0.3, 0.4) is 0 Å². The second kappa shape index (κ2) is 7.81. The van der Waals surface area contributed by atoms with Crippen molar-refractivity contribution in [2.24, 2.45) is 0 Å². The number of hydrogen-bond acceptors (Lipinski definition) is 8. The van der Waals surface area contributed by atoms with Crippen LogP contribution in [-0.4, -0.2) is 62.9 Å². The number of hydrogen-bond donors (Lipinski definition) is 2. The lowest BCUT2D eigenvalue weighted by atomic mass is 9.91. The Balaban J connectivity index is 1.36. The molecular weight excluding hydrogens is 380 g/mol. The zero-order chi connectivity index (χ0) is 20.6. The van der Waals surface area contributed by atoms with Gasteiger partial charge in [0.15, 0.2) is 0 Å². The molecule has 1 spiro atoms. The van der Waals surface area contributed by atoms with Gasteiger partial charge in [0, 0.05) is 37.9 Å². The van der Waals surface area contributed by atoms with Gasteiger partial charge < -0.3 is 24.8 Å². The van der Waals surface area contributed by atoms with E-state index in [0.717, 1.165) is 74.2 Å². The van der Waals surface area contributed by atoms with Crippen LogP contribution in [0, 0.1) is 0 Å². The Morgan fingerprint density at radius 1 is 1.23 bits per heavy atom. The number of fused-ring (bicyclic) bond motifs is 1. The molecule has 30 heavy (non-hydrogen) atoms. The maximum absolute atomic E-state index is 6.15. The van der Waals surface area contributed by atoms with E-state index in [1.807, 2.05) is 18.5 Å². The Bertz CT molecular complexity index is 1020. The Kier molecular flexibility index (Phi) is 5.00. The van der Waals surface area contributed by atoms with Gasteiger partial charge in [-0.25, -0.2) is 15.0 Å². The molecule has 5 rings (SSSR count). The number of piperidine rings is 1. The molecule has 0 aliphatic carbocycles. The van der Waals surface area contributed by atoms with Gasteiger partial charge in [-0.05, 0) is 32.8 Å². The van der Waals surface area contributed by atoms with Gasteiger partial charge in [-0.2, -0.15) is 4.98 Å². The molecule has 1 unspecified atom stereocenters. The van der Waals surface area contributed by atoms with E-state index < -0.39 is 0 Å². The molecule has 3 aromatic rings. The summed E-state index contributed by atoms with van der Waals surface area (Å²) in [6, 6.07) is 4.22. The lowest BCUT2D eigenvalue weighted by Gasteiger charge is -2.45. The highest BCUT2D eigenvalue weighted by molar-refractivity contribution is 5.78. The second-order valence-corrected chi connectivity index (χ2v) is 8.40. The molecule has 2 N–H and O–H groups in total. The fourth-order valence-corrected chi connectivity index (χ4v) is 4.35. The van der Waals surface area contributed by atoms with E-state index in [1.165, 1.54) is 0 Å². The molecule has 2 aliphatic heterocycles. The summed E-state index contributed by atoms with van der Waals surface area (Å²) in [4.78, 5) is 20.4. The van der Waals surface area contributed by atoms with Gasteiger partial charge >= 0.3 is 0 Å². The summed E-state index contributed by atoms with van der Waals surface area (Å²) >= 11 is 0. The number of rotatable bonds is 4. The van der Waals surface area contributed by atoms with Crippen LogP contribution in [0.1, 0.15) is 32.7 Å².